The SMILES string of the molecule is CN1CN([C@@H]2CCCOC2)c2nc(Cl)ncc21. The van der Waals surface area contributed by atoms with Crippen LogP contribution >= 0.6 is 11.6 Å². The molecule has 1 aromatic rings. The Morgan fingerprint density at radius 3 is 3.18 bits per heavy atom. The van der Waals surface area contributed by atoms with Gasteiger partial charge >= 0.3 is 0 Å². The van der Waals surface area contributed by atoms with Crippen molar-refractivity contribution in [3.8, 4) is 0 Å². The van der Waals surface area contributed by atoms with Crippen LogP contribution in [0.4, 0.5) is 11.5 Å². The lowest BCUT2D eigenvalue weighted by atomic mass is 10.1. The second-order valence-corrected chi connectivity index (χ2v) is 4.87. The highest BCUT2D eigenvalue weighted by Gasteiger charge is 2.32. The molecule has 0 amide bonds. The molecule has 1 saturated heterocycles. The zero-order valence-corrected chi connectivity index (χ0v) is 10.5. The number of anilines is 2. The lowest BCUT2D eigenvalue weighted by molar-refractivity contribution is 0.0796. The maximum Gasteiger partial charge on any atom is 0.224 e. The molecule has 0 aliphatic carbocycles. The average molecular weight is 255 g/mol. The number of fused-ring (bicyclic) bond motifs is 1. The van der Waals surface area contributed by atoms with E-state index in [4.69, 9.17) is 16.3 Å². The van der Waals surface area contributed by atoms with Gasteiger partial charge in [0, 0.05) is 13.7 Å². The number of nitrogens with zero attached hydrogens (tertiary/aromatic N) is 4. The zero-order chi connectivity index (χ0) is 11.8. The van der Waals surface area contributed by atoms with Gasteiger partial charge in [0.1, 0.15) is 0 Å². The molecule has 0 N–H and O–H groups in total. The predicted octanol–water partition coefficient (Wildman–Crippen LogP) is 1.52. The van der Waals surface area contributed by atoms with Crippen LogP contribution in [0.25, 0.3) is 0 Å². The Balaban J connectivity index is 1.91. The highest BCUT2D eigenvalue weighted by Crippen LogP contribution is 2.35. The summed E-state index contributed by atoms with van der Waals surface area (Å²) in [4.78, 5) is 12.8. The summed E-state index contributed by atoms with van der Waals surface area (Å²) in [5, 5.41) is 0.306. The van der Waals surface area contributed by atoms with Crippen LogP contribution in [0.5, 0.6) is 0 Å². The third-order valence-corrected chi connectivity index (χ3v) is 3.53. The molecule has 0 spiro atoms. The molecule has 1 atom stereocenters. The first-order chi connectivity index (χ1) is 8.25. The number of ether oxygens (including phenoxy) is 1. The molecule has 0 unspecified atom stereocenters. The topological polar surface area (TPSA) is 41.5 Å². The second kappa shape index (κ2) is 4.31. The lowest BCUT2D eigenvalue weighted by Gasteiger charge is -2.31. The molecular weight excluding hydrogens is 240 g/mol. The van der Waals surface area contributed by atoms with E-state index in [-0.39, 0.29) is 0 Å². The number of rotatable bonds is 1. The van der Waals surface area contributed by atoms with Crippen LogP contribution in [0, 0.1) is 0 Å². The number of aromatic nitrogens is 2. The summed E-state index contributed by atoms with van der Waals surface area (Å²) in [6, 6.07) is 0.401. The van der Waals surface area contributed by atoms with Crippen molar-refractivity contribution in [2.45, 2.75) is 18.9 Å². The van der Waals surface area contributed by atoms with Crippen molar-refractivity contribution in [2.75, 3.05) is 36.7 Å². The quantitative estimate of drug-likeness (QED) is 0.711. The fourth-order valence-electron chi connectivity index (χ4n) is 2.46. The maximum absolute atomic E-state index is 5.88. The van der Waals surface area contributed by atoms with E-state index >= 15 is 0 Å². The summed E-state index contributed by atoms with van der Waals surface area (Å²) < 4.78 is 5.54. The molecule has 6 heteroatoms. The van der Waals surface area contributed by atoms with Crippen LogP contribution in [-0.4, -0.2) is 42.9 Å². The van der Waals surface area contributed by atoms with Crippen molar-refractivity contribution >= 4 is 23.1 Å². The fourth-order valence-corrected chi connectivity index (χ4v) is 2.58. The minimum absolute atomic E-state index is 0.306. The van der Waals surface area contributed by atoms with Gasteiger partial charge in [-0.3, -0.25) is 0 Å². The molecule has 0 saturated carbocycles. The minimum Gasteiger partial charge on any atom is -0.379 e. The number of halogens is 1. The second-order valence-electron chi connectivity index (χ2n) is 4.53. The molecule has 1 fully saturated rings. The van der Waals surface area contributed by atoms with Gasteiger partial charge in [0.05, 0.1) is 31.2 Å². The van der Waals surface area contributed by atoms with Gasteiger partial charge in [-0.15, -0.1) is 0 Å². The first-order valence-corrected chi connectivity index (χ1v) is 6.21. The van der Waals surface area contributed by atoms with Crippen molar-refractivity contribution in [1.29, 1.82) is 0 Å². The smallest absolute Gasteiger partial charge is 0.224 e. The summed E-state index contributed by atoms with van der Waals surface area (Å²) in [5.41, 5.74) is 1.04. The molecule has 0 radical (unpaired) electrons. The third-order valence-electron chi connectivity index (χ3n) is 3.35. The van der Waals surface area contributed by atoms with Crippen LogP contribution < -0.4 is 9.80 Å². The maximum atomic E-state index is 5.88. The molecule has 2 aliphatic rings. The summed E-state index contributed by atoms with van der Waals surface area (Å²) in [7, 11) is 2.04. The number of hydrogen-bond donors (Lipinski definition) is 0. The first kappa shape index (κ1) is 11.0. The van der Waals surface area contributed by atoms with E-state index in [1.165, 1.54) is 0 Å². The van der Waals surface area contributed by atoms with Crippen LogP contribution in [0.3, 0.4) is 0 Å². The summed E-state index contributed by atoms with van der Waals surface area (Å²) in [6.07, 6.45) is 4.04. The van der Waals surface area contributed by atoms with Gasteiger partial charge in [0.25, 0.3) is 0 Å². The average Bonchev–Trinajstić information content (AvgIpc) is 2.67. The Kier molecular flexibility index (Phi) is 2.80. The van der Waals surface area contributed by atoms with Gasteiger partial charge in [-0.25, -0.2) is 4.98 Å². The molecular formula is C11H15ClN4O. The Labute approximate surface area is 105 Å². The highest BCUT2D eigenvalue weighted by molar-refractivity contribution is 6.28. The van der Waals surface area contributed by atoms with Gasteiger partial charge < -0.3 is 14.5 Å². The molecule has 3 rings (SSSR count). The van der Waals surface area contributed by atoms with E-state index in [1.807, 2.05) is 7.05 Å². The summed E-state index contributed by atoms with van der Waals surface area (Å²) in [5.74, 6) is 0.933. The summed E-state index contributed by atoms with van der Waals surface area (Å²) >= 11 is 5.88. The zero-order valence-electron chi connectivity index (χ0n) is 9.77. The molecule has 3 heterocycles. The van der Waals surface area contributed by atoms with E-state index in [0.717, 1.165) is 44.2 Å². The van der Waals surface area contributed by atoms with Crippen molar-refractivity contribution in [1.82, 2.24) is 9.97 Å². The van der Waals surface area contributed by atoms with E-state index in [1.54, 1.807) is 6.20 Å². The standard InChI is InChI=1S/C11H15ClN4O/c1-15-7-16(8-3-2-4-17-6-8)10-9(15)5-13-11(12)14-10/h5,8H,2-4,6-7H2,1H3/t8-/m1/s1. The Hall–Kier alpha value is -1.07. The van der Waals surface area contributed by atoms with Gasteiger partial charge in [-0.2, -0.15) is 4.98 Å². The molecule has 1 aromatic heterocycles. The normalized spacial score (nSPS) is 24.0. The van der Waals surface area contributed by atoms with E-state index < -0.39 is 0 Å². The van der Waals surface area contributed by atoms with Crippen LogP contribution in [-0.2, 0) is 4.74 Å². The van der Waals surface area contributed by atoms with Crippen molar-refractivity contribution in [3.05, 3.63) is 11.5 Å². The van der Waals surface area contributed by atoms with Gasteiger partial charge in [0.15, 0.2) is 5.82 Å². The van der Waals surface area contributed by atoms with Crippen LogP contribution in [0.2, 0.25) is 5.28 Å². The monoisotopic (exact) mass is 254 g/mol. The van der Waals surface area contributed by atoms with Crippen molar-refractivity contribution in [3.63, 3.8) is 0 Å². The Bertz CT molecular complexity index is 422. The number of hydrogen-bond acceptors (Lipinski definition) is 5. The molecule has 0 bridgehead atoms. The van der Waals surface area contributed by atoms with Crippen molar-refractivity contribution < 1.29 is 4.74 Å². The molecule has 92 valence electrons. The van der Waals surface area contributed by atoms with Gasteiger partial charge in [0.2, 0.25) is 5.28 Å². The summed E-state index contributed by atoms with van der Waals surface area (Å²) in [6.45, 7) is 2.48. The van der Waals surface area contributed by atoms with E-state index in [0.29, 0.717) is 11.3 Å². The Morgan fingerprint density at radius 2 is 2.41 bits per heavy atom. The molecule has 5 nitrogen and oxygen atoms in total. The largest absolute Gasteiger partial charge is 0.379 e. The van der Waals surface area contributed by atoms with Crippen molar-refractivity contribution in [2.24, 2.45) is 0 Å². The van der Waals surface area contributed by atoms with Crippen LogP contribution in [0.1, 0.15) is 12.8 Å². The first-order valence-electron chi connectivity index (χ1n) is 5.84. The minimum atomic E-state index is 0.306. The Morgan fingerprint density at radius 1 is 1.53 bits per heavy atom. The van der Waals surface area contributed by atoms with E-state index in [2.05, 4.69) is 19.8 Å². The van der Waals surface area contributed by atoms with Crippen LogP contribution in [0.15, 0.2) is 6.20 Å². The third kappa shape index (κ3) is 1.93. The molecule has 17 heavy (non-hydrogen) atoms. The van der Waals surface area contributed by atoms with E-state index in [9.17, 15) is 0 Å². The molecule has 2 aliphatic heterocycles. The highest BCUT2D eigenvalue weighted by atomic mass is 35.5. The molecule has 0 aromatic carbocycles. The predicted molar refractivity (Wildman–Crippen MR) is 66.6 cm³/mol. The lowest BCUT2D eigenvalue weighted by Crippen LogP contribution is -2.42. The van der Waals surface area contributed by atoms with Gasteiger partial charge in [-0.1, -0.05) is 0 Å². The van der Waals surface area contributed by atoms with Gasteiger partial charge in [-0.05, 0) is 24.4 Å². The fraction of sp³-hybridized carbons (Fsp3) is 0.636.